The molecule has 0 aliphatic rings. The number of hydrogen-bond donors (Lipinski definition) is 4. The van der Waals surface area contributed by atoms with Crippen LogP contribution in [0.1, 0.15) is 36.7 Å². The Kier molecular flexibility index (Phi) is 8.14. The normalized spacial score (nSPS) is 9.84. The van der Waals surface area contributed by atoms with Crippen molar-refractivity contribution in [2.75, 3.05) is 24.7 Å². The Hall–Kier alpha value is -3.87. The standard InChI is InChI=1S/C22H23N5O2.C2H6/c1-13(23)17-7-5-15(12-21(17)26-3)29-16-8-9-27-19(11-16)14-4-6-18(22(24)28)20(10-14)25-2;1-2/h4-12,23,25-26H,1-3H3,(H2,24,28);1-2H3. The van der Waals surface area contributed by atoms with E-state index in [2.05, 4.69) is 15.6 Å². The molecule has 162 valence electrons. The van der Waals surface area contributed by atoms with Crippen molar-refractivity contribution in [3.8, 4) is 22.8 Å². The second-order valence-electron chi connectivity index (χ2n) is 6.44. The average Bonchev–Trinajstić information content (AvgIpc) is 2.79. The number of hydrogen-bond acceptors (Lipinski definition) is 6. The van der Waals surface area contributed by atoms with Crippen LogP contribution in [0.3, 0.4) is 0 Å². The largest absolute Gasteiger partial charge is 0.457 e. The van der Waals surface area contributed by atoms with Crippen molar-refractivity contribution in [3.63, 3.8) is 0 Å². The highest BCUT2D eigenvalue weighted by Crippen LogP contribution is 2.30. The van der Waals surface area contributed by atoms with Gasteiger partial charge in [0.1, 0.15) is 11.5 Å². The van der Waals surface area contributed by atoms with Gasteiger partial charge in [-0.2, -0.15) is 0 Å². The Morgan fingerprint density at radius 2 is 1.55 bits per heavy atom. The molecular weight excluding hydrogens is 390 g/mol. The zero-order valence-electron chi connectivity index (χ0n) is 18.5. The number of nitrogens with one attached hydrogen (secondary N) is 3. The third-order valence-corrected chi connectivity index (χ3v) is 4.48. The van der Waals surface area contributed by atoms with E-state index in [0.717, 1.165) is 16.8 Å². The Balaban J connectivity index is 0.00000166. The molecule has 1 aromatic heterocycles. The Bertz CT molecular complexity index is 1080. The molecule has 7 nitrogen and oxygen atoms in total. The van der Waals surface area contributed by atoms with Crippen molar-refractivity contribution in [2.24, 2.45) is 5.73 Å². The molecule has 0 saturated carbocycles. The Morgan fingerprint density at radius 3 is 2.16 bits per heavy atom. The summed E-state index contributed by atoms with van der Waals surface area (Å²) in [5.41, 5.74) is 10.1. The number of nitrogens with two attached hydrogens (primary N) is 1. The van der Waals surface area contributed by atoms with Gasteiger partial charge in [-0.25, -0.2) is 0 Å². The van der Waals surface area contributed by atoms with Crippen LogP contribution in [0.25, 0.3) is 11.3 Å². The summed E-state index contributed by atoms with van der Waals surface area (Å²) in [7, 11) is 3.54. The molecule has 2 aromatic carbocycles. The van der Waals surface area contributed by atoms with Crippen molar-refractivity contribution in [2.45, 2.75) is 20.8 Å². The van der Waals surface area contributed by atoms with Crippen molar-refractivity contribution in [1.29, 1.82) is 5.41 Å². The van der Waals surface area contributed by atoms with Gasteiger partial charge in [0.15, 0.2) is 0 Å². The quantitative estimate of drug-likeness (QED) is 0.396. The van der Waals surface area contributed by atoms with Gasteiger partial charge in [-0.1, -0.05) is 19.9 Å². The minimum absolute atomic E-state index is 0.421. The molecule has 5 N–H and O–H groups in total. The molecule has 3 aromatic rings. The fraction of sp³-hybridized carbons (Fsp3) is 0.208. The monoisotopic (exact) mass is 419 g/mol. The maximum absolute atomic E-state index is 11.5. The van der Waals surface area contributed by atoms with Gasteiger partial charge in [0.05, 0.1) is 11.3 Å². The van der Waals surface area contributed by atoms with Crippen molar-refractivity contribution < 1.29 is 9.53 Å². The number of primary amides is 1. The van der Waals surface area contributed by atoms with E-state index < -0.39 is 5.91 Å². The number of pyridine rings is 1. The number of benzene rings is 2. The molecule has 1 amide bonds. The molecular formula is C24H29N5O2. The number of ether oxygens (including phenoxy) is 1. The van der Waals surface area contributed by atoms with E-state index in [1.165, 1.54) is 0 Å². The summed E-state index contributed by atoms with van der Waals surface area (Å²) in [5.74, 6) is 0.785. The van der Waals surface area contributed by atoms with Crippen LogP contribution in [-0.2, 0) is 0 Å². The summed E-state index contributed by atoms with van der Waals surface area (Å²) < 4.78 is 6.00. The first-order chi connectivity index (χ1) is 14.9. The highest BCUT2D eigenvalue weighted by Gasteiger charge is 2.11. The smallest absolute Gasteiger partial charge is 0.250 e. The van der Waals surface area contributed by atoms with E-state index in [1.807, 2.05) is 51.2 Å². The molecule has 0 aliphatic carbocycles. The first kappa shape index (κ1) is 23.4. The van der Waals surface area contributed by atoms with Gasteiger partial charge in [0.25, 0.3) is 5.91 Å². The van der Waals surface area contributed by atoms with Gasteiger partial charge in [0.2, 0.25) is 0 Å². The average molecular weight is 420 g/mol. The van der Waals surface area contributed by atoms with Gasteiger partial charge < -0.3 is 26.5 Å². The predicted molar refractivity (Wildman–Crippen MR) is 128 cm³/mol. The second kappa shape index (κ2) is 10.8. The van der Waals surface area contributed by atoms with Crippen LogP contribution in [0.4, 0.5) is 11.4 Å². The molecule has 0 atom stereocenters. The van der Waals surface area contributed by atoms with Crippen LogP contribution in [0, 0.1) is 5.41 Å². The lowest BCUT2D eigenvalue weighted by atomic mass is 10.1. The molecule has 3 rings (SSSR count). The van der Waals surface area contributed by atoms with Crippen molar-refractivity contribution in [3.05, 3.63) is 65.9 Å². The maximum Gasteiger partial charge on any atom is 0.250 e. The molecule has 0 unspecified atom stereocenters. The SMILES string of the molecule is CC.CNc1cc(Oc2ccnc(-c3ccc(C(N)=O)c(NC)c3)c2)ccc1C(C)=N. The summed E-state index contributed by atoms with van der Waals surface area (Å²) >= 11 is 0. The zero-order valence-corrected chi connectivity index (χ0v) is 18.5. The molecule has 7 heteroatoms. The molecule has 0 bridgehead atoms. The van der Waals surface area contributed by atoms with Crippen LogP contribution in [0.5, 0.6) is 11.5 Å². The molecule has 0 spiro atoms. The Morgan fingerprint density at radius 1 is 0.935 bits per heavy atom. The molecule has 1 heterocycles. The highest BCUT2D eigenvalue weighted by atomic mass is 16.5. The predicted octanol–water partition coefficient (Wildman–Crippen LogP) is 5.14. The highest BCUT2D eigenvalue weighted by molar-refractivity contribution is 6.01. The van der Waals surface area contributed by atoms with Crippen molar-refractivity contribution in [1.82, 2.24) is 4.98 Å². The van der Waals surface area contributed by atoms with Crippen LogP contribution in [0.15, 0.2) is 54.7 Å². The van der Waals surface area contributed by atoms with E-state index in [4.69, 9.17) is 15.9 Å². The lowest BCUT2D eigenvalue weighted by molar-refractivity contribution is 0.100. The first-order valence-corrected chi connectivity index (χ1v) is 10.1. The van der Waals surface area contributed by atoms with Crippen LogP contribution in [-0.4, -0.2) is 30.7 Å². The maximum atomic E-state index is 11.5. The Labute approximate surface area is 183 Å². The fourth-order valence-electron chi connectivity index (χ4n) is 3.01. The minimum atomic E-state index is -0.491. The molecule has 0 radical (unpaired) electrons. The van der Waals surface area contributed by atoms with E-state index in [9.17, 15) is 4.79 Å². The van der Waals surface area contributed by atoms with Gasteiger partial charge in [-0.15, -0.1) is 0 Å². The molecule has 31 heavy (non-hydrogen) atoms. The summed E-state index contributed by atoms with van der Waals surface area (Å²) in [6, 6.07) is 14.4. The van der Waals surface area contributed by atoms with Crippen LogP contribution < -0.4 is 21.1 Å². The van der Waals surface area contributed by atoms with Gasteiger partial charge in [-0.3, -0.25) is 9.78 Å². The minimum Gasteiger partial charge on any atom is -0.457 e. The summed E-state index contributed by atoms with van der Waals surface area (Å²) in [6.45, 7) is 5.74. The number of aromatic nitrogens is 1. The van der Waals surface area contributed by atoms with E-state index >= 15 is 0 Å². The molecule has 0 aliphatic heterocycles. The van der Waals surface area contributed by atoms with Crippen LogP contribution >= 0.6 is 0 Å². The summed E-state index contributed by atoms with van der Waals surface area (Å²) in [5, 5.41) is 13.9. The van der Waals surface area contributed by atoms with Crippen LogP contribution in [0.2, 0.25) is 0 Å². The van der Waals surface area contributed by atoms with E-state index in [-0.39, 0.29) is 0 Å². The number of anilines is 2. The number of amides is 1. The zero-order chi connectivity index (χ0) is 23.0. The van der Waals surface area contributed by atoms with Gasteiger partial charge in [-0.05, 0) is 37.3 Å². The summed E-state index contributed by atoms with van der Waals surface area (Å²) in [6.07, 6.45) is 1.67. The topological polar surface area (TPSA) is 113 Å². The lowest BCUT2D eigenvalue weighted by Gasteiger charge is -2.13. The third kappa shape index (κ3) is 5.60. The van der Waals surface area contributed by atoms with Crippen molar-refractivity contribution >= 4 is 23.0 Å². The number of carbonyl (C=O) groups is 1. The fourth-order valence-corrected chi connectivity index (χ4v) is 3.01. The first-order valence-electron chi connectivity index (χ1n) is 10.1. The number of rotatable bonds is 7. The van der Waals surface area contributed by atoms with Gasteiger partial charge >= 0.3 is 0 Å². The van der Waals surface area contributed by atoms with E-state index in [0.29, 0.717) is 34.2 Å². The second-order valence-corrected chi connectivity index (χ2v) is 6.44. The lowest BCUT2D eigenvalue weighted by Crippen LogP contribution is -2.13. The van der Waals surface area contributed by atoms with Gasteiger partial charge in [0, 0.05) is 60.6 Å². The molecule has 0 saturated heterocycles. The number of carbonyl (C=O) groups excluding carboxylic acids is 1. The van der Waals surface area contributed by atoms with E-state index in [1.54, 1.807) is 38.4 Å². The molecule has 0 fully saturated rings. The third-order valence-electron chi connectivity index (χ3n) is 4.48. The number of nitrogens with zero attached hydrogens (tertiary/aromatic N) is 1. The summed E-state index contributed by atoms with van der Waals surface area (Å²) in [4.78, 5) is 15.9.